The number of aromatic nitrogens is 4. The highest BCUT2D eigenvalue weighted by Gasteiger charge is 2.25. The molecule has 0 bridgehead atoms. The third-order valence-corrected chi connectivity index (χ3v) is 4.41. The molecule has 0 radical (unpaired) electrons. The van der Waals surface area contributed by atoms with E-state index in [0.29, 0.717) is 22.7 Å². The van der Waals surface area contributed by atoms with Gasteiger partial charge in [-0.15, -0.1) is 0 Å². The van der Waals surface area contributed by atoms with Crippen LogP contribution < -0.4 is 5.32 Å². The summed E-state index contributed by atoms with van der Waals surface area (Å²) in [6, 6.07) is 2.48. The summed E-state index contributed by atoms with van der Waals surface area (Å²) in [7, 11) is 0. The van der Waals surface area contributed by atoms with Crippen LogP contribution in [-0.4, -0.2) is 31.2 Å². The molecule has 7 nitrogen and oxygen atoms in total. The van der Waals surface area contributed by atoms with Crippen LogP contribution >= 0.6 is 11.6 Å². The van der Waals surface area contributed by atoms with Crippen LogP contribution in [0.3, 0.4) is 0 Å². The zero-order valence-corrected chi connectivity index (χ0v) is 14.1. The first kappa shape index (κ1) is 15.7. The van der Waals surface area contributed by atoms with Crippen LogP contribution in [0.4, 0.5) is 11.6 Å². The maximum absolute atomic E-state index is 9.02. The number of halogens is 1. The van der Waals surface area contributed by atoms with E-state index in [2.05, 4.69) is 26.5 Å². The quantitative estimate of drug-likeness (QED) is 0.830. The lowest BCUT2D eigenvalue weighted by Crippen LogP contribution is -2.25. The van der Waals surface area contributed by atoms with Crippen LogP contribution in [-0.2, 0) is 0 Å². The van der Waals surface area contributed by atoms with Crippen LogP contribution in [0.2, 0.25) is 5.02 Å². The first-order chi connectivity index (χ1) is 12.2. The molecular weight excluding hydrogens is 338 g/mol. The maximum Gasteiger partial charge on any atom is 0.227 e. The molecule has 1 unspecified atom stereocenters. The summed E-state index contributed by atoms with van der Waals surface area (Å²) < 4.78 is 1.96. The van der Waals surface area contributed by atoms with Crippen LogP contribution in [0, 0.1) is 11.3 Å². The Morgan fingerprint density at radius 1 is 1.32 bits per heavy atom. The standard InChI is InChI=1S/C17H16ClN7/c18-14-10-20-17(22-12-9-21-25(11-12)13-4-5-13)23-16(14)15-3-1-2-7-24(15)8-6-19/h1-3,7,9-11,13,15H,4-5,8H2,(H,20,22,23). The molecule has 4 rings (SSSR count). The smallest absolute Gasteiger partial charge is 0.227 e. The van der Waals surface area contributed by atoms with Gasteiger partial charge >= 0.3 is 0 Å². The van der Waals surface area contributed by atoms with Gasteiger partial charge in [0.05, 0.1) is 47.0 Å². The normalized spacial score (nSPS) is 19.0. The number of anilines is 2. The minimum atomic E-state index is -0.199. The summed E-state index contributed by atoms with van der Waals surface area (Å²) >= 11 is 6.32. The topological polar surface area (TPSA) is 82.7 Å². The van der Waals surface area contributed by atoms with Crippen molar-refractivity contribution in [3.8, 4) is 6.07 Å². The van der Waals surface area contributed by atoms with E-state index in [-0.39, 0.29) is 12.6 Å². The average Bonchev–Trinajstić information content (AvgIpc) is 3.37. The lowest BCUT2D eigenvalue weighted by molar-refractivity contribution is 0.352. The number of nitrogens with zero attached hydrogens (tertiary/aromatic N) is 6. The van der Waals surface area contributed by atoms with Crippen LogP contribution in [0.1, 0.15) is 30.6 Å². The van der Waals surface area contributed by atoms with E-state index in [9.17, 15) is 0 Å². The summed E-state index contributed by atoms with van der Waals surface area (Å²) in [4.78, 5) is 10.7. The van der Waals surface area contributed by atoms with Gasteiger partial charge in [-0.2, -0.15) is 10.4 Å². The molecule has 2 aromatic heterocycles. The summed E-state index contributed by atoms with van der Waals surface area (Å²) in [5.74, 6) is 0.453. The minimum absolute atomic E-state index is 0.199. The Kier molecular flexibility index (Phi) is 4.12. The van der Waals surface area contributed by atoms with Gasteiger partial charge in [0, 0.05) is 12.4 Å². The second-order valence-corrected chi connectivity index (χ2v) is 6.40. The molecule has 1 aliphatic heterocycles. The van der Waals surface area contributed by atoms with E-state index in [0.717, 1.165) is 5.69 Å². The Morgan fingerprint density at radius 2 is 2.20 bits per heavy atom. The van der Waals surface area contributed by atoms with Crippen molar-refractivity contribution in [1.29, 1.82) is 5.26 Å². The van der Waals surface area contributed by atoms with Gasteiger partial charge in [0.2, 0.25) is 5.95 Å². The van der Waals surface area contributed by atoms with Gasteiger partial charge in [-0.1, -0.05) is 23.8 Å². The Morgan fingerprint density at radius 3 is 3.00 bits per heavy atom. The molecule has 126 valence electrons. The fourth-order valence-electron chi connectivity index (χ4n) is 2.73. The summed E-state index contributed by atoms with van der Waals surface area (Å²) in [6.45, 7) is 0.253. The van der Waals surface area contributed by atoms with Crippen LogP contribution in [0.15, 0.2) is 43.0 Å². The fourth-order valence-corrected chi connectivity index (χ4v) is 2.94. The van der Waals surface area contributed by atoms with Gasteiger partial charge < -0.3 is 10.2 Å². The molecule has 0 amide bonds. The fraction of sp³-hybridized carbons (Fsp3) is 0.294. The van der Waals surface area contributed by atoms with Gasteiger partial charge in [-0.3, -0.25) is 4.68 Å². The predicted octanol–water partition coefficient (Wildman–Crippen LogP) is 3.36. The van der Waals surface area contributed by atoms with Crippen molar-refractivity contribution in [3.63, 3.8) is 0 Å². The third-order valence-electron chi connectivity index (χ3n) is 4.12. The molecule has 1 fully saturated rings. The lowest BCUT2D eigenvalue weighted by atomic mass is 10.1. The highest BCUT2D eigenvalue weighted by molar-refractivity contribution is 6.31. The monoisotopic (exact) mass is 353 g/mol. The molecule has 3 heterocycles. The van der Waals surface area contributed by atoms with E-state index < -0.39 is 0 Å². The molecule has 2 aromatic rings. The van der Waals surface area contributed by atoms with E-state index in [1.807, 2.05) is 40.2 Å². The second-order valence-electron chi connectivity index (χ2n) is 5.99. The highest BCUT2D eigenvalue weighted by atomic mass is 35.5. The van der Waals surface area contributed by atoms with E-state index >= 15 is 0 Å². The molecule has 1 saturated carbocycles. The Hall–Kier alpha value is -2.85. The van der Waals surface area contributed by atoms with Gasteiger partial charge in [-0.25, -0.2) is 9.97 Å². The summed E-state index contributed by atoms with van der Waals surface area (Å²) in [5.41, 5.74) is 1.50. The average molecular weight is 354 g/mol. The Labute approximate surface area is 150 Å². The summed E-state index contributed by atoms with van der Waals surface area (Å²) in [6.07, 6.45) is 15.3. The first-order valence-corrected chi connectivity index (χ1v) is 8.43. The van der Waals surface area contributed by atoms with Gasteiger partial charge in [0.1, 0.15) is 6.54 Å². The third kappa shape index (κ3) is 3.35. The van der Waals surface area contributed by atoms with Crippen molar-refractivity contribution in [3.05, 3.63) is 53.7 Å². The molecule has 0 spiro atoms. The number of nitriles is 1. The largest absolute Gasteiger partial charge is 0.352 e. The molecule has 1 N–H and O–H groups in total. The molecule has 0 saturated heterocycles. The minimum Gasteiger partial charge on any atom is -0.352 e. The van der Waals surface area contributed by atoms with Crippen molar-refractivity contribution in [2.24, 2.45) is 0 Å². The molecule has 8 heteroatoms. The van der Waals surface area contributed by atoms with Crippen molar-refractivity contribution in [2.45, 2.75) is 24.9 Å². The number of hydrogen-bond acceptors (Lipinski definition) is 6. The number of nitrogens with one attached hydrogen (secondary N) is 1. The van der Waals surface area contributed by atoms with Gasteiger partial charge in [-0.05, 0) is 18.9 Å². The van der Waals surface area contributed by atoms with Gasteiger partial charge in [0.15, 0.2) is 0 Å². The van der Waals surface area contributed by atoms with E-state index in [1.165, 1.54) is 12.8 Å². The Bertz CT molecular complexity index is 875. The molecule has 1 atom stereocenters. The van der Waals surface area contributed by atoms with Crippen molar-refractivity contribution in [1.82, 2.24) is 24.6 Å². The predicted molar refractivity (Wildman–Crippen MR) is 94.2 cm³/mol. The van der Waals surface area contributed by atoms with E-state index in [4.69, 9.17) is 16.9 Å². The van der Waals surface area contributed by atoms with Crippen molar-refractivity contribution in [2.75, 3.05) is 11.9 Å². The Balaban J connectivity index is 1.58. The van der Waals surface area contributed by atoms with E-state index in [1.54, 1.807) is 12.4 Å². The van der Waals surface area contributed by atoms with Crippen LogP contribution in [0.25, 0.3) is 0 Å². The number of rotatable bonds is 5. The second kappa shape index (κ2) is 6.57. The molecule has 1 aliphatic carbocycles. The molecule has 25 heavy (non-hydrogen) atoms. The van der Waals surface area contributed by atoms with Crippen molar-refractivity contribution < 1.29 is 0 Å². The zero-order chi connectivity index (χ0) is 17.2. The number of hydrogen-bond donors (Lipinski definition) is 1. The number of allylic oxidation sites excluding steroid dienone is 2. The summed E-state index contributed by atoms with van der Waals surface area (Å²) in [5, 5.41) is 17.0. The van der Waals surface area contributed by atoms with Gasteiger partial charge in [0.25, 0.3) is 0 Å². The maximum atomic E-state index is 9.02. The highest BCUT2D eigenvalue weighted by Crippen LogP contribution is 2.35. The van der Waals surface area contributed by atoms with Crippen molar-refractivity contribution >= 4 is 23.2 Å². The molecule has 2 aliphatic rings. The lowest BCUT2D eigenvalue weighted by Gasteiger charge is -2.28. The molecule has 0 aromatic carbocycles. The molecular formula is C17H16ClN7. The zero-order valence-electron chi connectivity index (χ0n) is 13.4. The SMILES string of the molecule is N#CCN1C=CC=CC1c1nc(Nc2cnn(C3CC3)c2)ncc1Cl. The first-order valence-electron chi connectivity index (χ1n) is 8.06. The van der Waals surface area contributed by atoms with Crippen LogP contribution in [0.5, 0.6) is 0 Å².